The minimum absolute atomic E-state index is 0.572. The summed E-state index contributed by atoms with van der Waals surface area (Å²) in [6.07, 6.45) is 6.08. The molecular formula is C18H24N4. The number of hydrogen-bond donors (Lipinski definition) is 0. The average molecular weight is 296 g/mol. The topological polar surface area (TPSA) is 32.3 Å². The van der Waals surface area contributed by atoms with Crippen LogP contribution in [-0.2, 0) is 6.54 Å². The van der Waals surface area contributed by atoms with Gasteiger partial charge in [-0.25, -0.2) is 9.97 Å². The summed E-state index contributed by atoms with van der Waals surface area (Å²) in [7, 11) is 0. The Morgan fingerprint density at radius 3 is 2.55 bits per heavy atom. The molecule has 4 nitrogen and oxygen atoms in total. The summed E-state index contributed by atoms with van der Waals surface area (Å²) in [5.74, 6) is 0.864. The van der Waals surface area contributed by atoms with Gasteiger partial charge in [0.25, 0.3) is 0 Å². The van der Waals surface area contributed by atoms with E-state index in [1.165, 1.54) is 18.4 Å². The minimum Gasteiger partial charge on any atom is -0.338 e. The van der Waals surface area contributed by atoms with Crippen molar-refractivity contribution in [2.75, 3.05) is 24.5 Å². The maximum absolute atomic E-state index is 4.40. The molecule has 22 heavy (non-hydrogen) atoms. The molecule has 1 saturated heterocycles. The predicted octanol–water partition coefficient (Wildman–Crippen LogP) is 2.97. The van der Waals surface area contributed by atoms with Gasteiger partial charge in [-0.05, 0) is 18.1 Å². The number of piperazine rings is 1. The summed E-state index contributed by atoms with van der Waals surface area (Å²) in [4.78, 5) is 13.7. The highest BCUT2D eigenvalue weighted by Gasteiger charge is 2.27. The second-order valence-electron chi connectivity index (χ2n) is 5.89. The third-order valence-corrected chi connectivity index (χ3v) is 4.29. The van der Waals surface area contributed by atoms with Gasteiger partial charge in [-0.15, -0.1) is 0 Å². The van der Waals surface area contributed by atoms with E-state index in [0.29, 0.717) is 6.04 Å². The molecule has 0 radical (unpaired) electrons. The van der Waals surface area contributed by atoms with Crippen LogP contribution in [0, 0.1) is 0 Å². The molecule has 116 valence electrons. The Hall–Kier alpha value is -1.94. The Balaban J connectivity index is 1.68. The van der Waals surface area contributed by atoms with Gasteiger partial charge in [0.15, 0.2) is 0 Å². The Morgan fingerprint density at radius 1 is 1.05 bits per heavy atom. The predicted molar refractivity (Wildman–Crippen MR) is 89.8 cm³/mol. The van der Waals surface area contributed by atoms with Crippen LogP contribution in [-0.4, -0.2) is 40.5 Å². The zero-order valence-corrected chi connectivity index (χ0v) is 13.2. The first-order valence-corrected chi connectivity index (χ1v) is 8.16. The largest absolute Gasteiger partial charge is 0.338 e. The number of aromatic nitrogens is 2. The van der Waals surface area contributed by atoms with Crippen LogP contribution in [0.4, 0.5) is 5.95 Å². The first-order valence-electron chi connectivity index (χ1n) is 8.16. The van der Waals surface area contributed by atoms with Crippen molar-refractivity contribution in [2.24, 2.45) is 0 Å². The maximum Gasteiger partial charge on any atom is 0.225 e. The lowest BCUT2D eigenvalue weighted by atomic mass is 10.1. The van der Waals surface area contributed by atoms with Gasteiger partial charge >= 0.3 is 0 Å². The van der Waals surface area contributed by atoms with Gasteiger partial charge in [0.1, 0.15) is 0 Å². The van der Waals surface area contributed by atoms with Crippen LogP contribution in [0.3, 0.4) is 0 Å². The molecule has 0 N–H and O–H groups in total. The zero-order valence-electron chi connectivity index (χ0n) is 13.2. The molecule has 0 aliphatic carbocycles. The molecule has 0 bridgehead atoms. The monoisotopic (exact) mass is 296 g/mol. The Morgan fingerprint density at radius 2 is 1.82 bits per heavy atom. The molecule has 1 atom stereocenters. The highest BCUT2D eigenvalue weighted by atomic mass is 15.3. The molecule has 1 fully saturated rings. The minimum atomic E-state index is 0.572. The van der Waals surface area contributed by atoms with Crippen LogP contribution in [0.15, 0.2) is 48.8 Å². The van der Waals surface area contributed by atoms with Gasteiger partial charge in [0.05, 0.1) is 0 Å². The molecule has 1 aliphatic heterocycles. The quantitative estimate of drug-likeness (QED) is 0.849. The van der Waals surface area contributed by atoms with Gasteiger partial charge in [0, 0.05) is 44.6 Å². The molecule has 2 heterocycles. The van der Waals surface area contributed by atoms with Gasteiger partial charge in [-0.3, -0.25) is 4.90 Å². The van der Waals surface area contributed by atoms with E-state index in [0.717, 1.165) is 32.1 Å². The molecule has 1 aliphatic rings. The van der Waals surface area contributed by atoms with E-state index in [9.17, 15) is 0 Å². The summed E-state index contributed by atoms with van der Waals surface area (Å²) < 4.78 is 0. The van der Waals surface area contributed by atoms with Gasteiger partial charge in [0.2, 0.25) is 5.95 Å². The highest BCUT2D eigenvalue weighted by Crippen LogP contribution is 2.20. The van der Waals surface area contributed by atoms with Crippen molar-refractivity contribution in [3.05, 3.63) is 54.4 Å². The van der Waals surface area contributed by atoms with Crippen molar-refractivity contribution in [2.45, 2.75) is 32.4 Å². The first-order chi connectivity index (χ1) is 10.9. The lowest BCUT2D eigenvalue weighted by Crippen LogP contribution is -2.53. The fraction of sp³-hybridized carbons (Fsp3) is 0.444. The summed E-state index contributed by atoms with van der Waals surface area (Å²) in [5.41, 5.74) is 1.40. The fourth-order valence-corrected chi connectivity index (χ4v) is 3.16. The van der Waals surface area contributed by atoms with E-state index >= 15 is 0 Å². The summed E-state index contributed by atoms with van der Waals surface area (Å²) in [5, 5.41) is 0. The van der Waals surface area contributed by atoms with Crippen LogP contribution >= 0.6 is 0 Å². The van der Waals surface area contributed by atoms with Crippen LogP contribution in [0.25, 0.3) is 0 Å². The van der Waals surface area contributed by atoms with Crippen molar-refractivity contribution < 1.29 is 0 Å². The molecule has 4 heteroatoms. The number of anilines is 1. The van der Waals surface area contributed by atoms with E-state index in [2.05, 4.69) is 57.0 Å². The molecule has 0 spiro atoms. The van der Waals surface area contributed by atoms with Gasteiger partial charge in [-0.2, -0.15) is 0 Å². The van der Waals surface area contributed by atoms with Gasteiger partial charge in [-0.1, -0.05) is 43.7 Å². The molecule has 1 aromatic heterocycles. The third-order valence-electron chi connectivity index (χ3n) is 4.29. The van der Waals surface area contributed by atoms with Crippen LogP contribution in [0.1, 0.15) is 25.3 Å². The van der Waals surface area contributed by atoms with Crippen molar-refractivity contribution in [3.63, 3.8) is 0 Å². The maximum atomic E-state index is 4.40. The molecule has 0 amide bonds. The summed E-state index contributed by atoms with van der Waals surface area (Å²) >= 11 is 0. The van der Waals surface area contributed by atoms with Crippen molar-refractivity contribution in [1.82, 2.24) is 14.9 Å². The SMILES string of the molecule is CCCC1CN(c2ncccn2)CCN1Cc1ccccc1. The third kappa shape index (κ3) is 3.63. The first kappa shape index (κ1) is 15.0. The normalized spacial score (nSPS) is 19.3. The van der Waals surface area contributed by atoms with E-state index < -0.39 is 0 Å². The number of rotatable bonds is 5. The molecule has 3 rings (SSSR count). The van der Waals surface area contributed by atoms with E-state index in [1.54, 1.807) is 0 Å². The number of benzene rings is 1. The second-order valence-corrected chi connectivity index (χ2v) is 5.89. The zero-order chi connectivity index (χ0) is 15.2. The van der Waals surface area contributed by atoms with Crippen LogP contribution < -0.4 is 4.90 Å². The van der Waals surface area contributed by atoms with E-state index in [-0.39, 0.29) is 0 Å². The Kier molecular flexibility index (Phi) is 5.01. The Labute approximate surface area is 132 Å². The number of hydrogen-bond acceptors (Lipinski definition) is 4. The average Bonchev–Trinajstić information content (AvgIpc) is 2.58. The van der Waals surface area contributed by atoms with Gasteiger partial charge < -0.3 is 4.90 Å². The van der Waals surface area contributed by atoms with Crippen molar-refractivity contribution in [1.29, 1.82) is 0 Å². The lowest BCUT2D eigenvalue weighted by molar-refractivity contribution is 0.158. The van der Waals surface area contributed by atoms with E-state index in [4.69, 9.17) is 0 Å². The molecule has 0 saturated carbocycles. The lowest BCUT2D eigenvalue weighted by Gasteiger charge is -2.41. The summed E-state index contributed by atoms with van der Waals surface area (Å²) in [6, 6.07) is 13.2. The summed E-state index contributed by atoms with van der Waals surface area (Å²) in [6.45, 7) is 6.38. The molecular weight excluding hydrogens is 272 g/mol. The molecule has 1 aromatic carbocycles. The van der Waals surface area contributed by atoms with Crippen LogP contribution in [0.2, 0.25) is 0 Å². The van der Waals surface area contributed by atoms with E-state index in [1.807, 2.05) is 18.5 Å². The second kappa shape index (κ2) is 7.36. The van der Waals surface area contributed by atoms with Crippen LogP contribution in [0.5, 0.6) is 0 Å². The standard InChI is InChI=1S/C18H24N4/c1-2-7-17-15-22(18-19-10-6-11-20-18)13-12-21(17)14-16-8-4-3-5-9-16/h3-6,8-11,17H,2,7,12-15H2,1H3. The smallest absolute Gasteiger partial charge is 0.225 e. The molecule has 2 aromatic rings. The Bertz CT molecular complexity index is 558. The fourth-order valence-electron chi connectivity index (χ4n) is 3.16. The molecule has 1 unspecified atom stereocenters. The van der Waals surface area contributed by atoms with Crippen molar-refractivity contribution >= 4 is 5.95 Å². The number of nitrogens with zero attached hydrogens (tertiary/aromatic N) is 4. The van der Waals surface area contributed by atoms with Crippen molar-refractivity contribution in [3.8, 4) is 0 Å². The highest BCUT2D eigenvalue weighted by molar-refractivity contribution is 5.30.